The molecule has 1 aliphatic rings. The topological polar surface area (TPSA) is 79.5 Å². The fourth-order valence-corrected chi connectivity index (χ4v) is 3.51. The van der Waals surface area contributed by atoms with E-state index < -0.39 is 12.0 Å². The number of urea groups is 1. The summed E-state index contributed by atoms with van der Waals surface area (Å²) in [7, 11) is 0. The molecule has 2 amide bonds. The lowest BCUT2D eigenvalue weighted by Gasteiger charge is -2.30. The molecule has 0 spiro atoms. The number of esters is 1. The first-order valence-corrected chi connectivity index (χ1v) is 10.4. The third-order valence-corrected chi connectivity index (χ3v) is 5.12. The van der Waals surface area contributed by atoms with Gasteiger partial charge in [0.15, 0.2) is 0 Å². The van der Waals surface area contributed by atoms with Gasteiger partial charge in [0, 0.05) is 18.3 Å². The highest BCUT2D eigenvalue weighted by Gasteiger charge is 2.33. The van der Waals surface area contributed by atoms with E-state index >= 15 is 0 Å². The molecule has 6 nitrogen and oxygen atoms in total. The van der Waals surface area contributed by atoms with Crippen molar-refractivity contribution in [2.45, 2.75) is 38.8 Å². The molecule has 2 aromatic carbocycles. The van der Waals surface area contributed by atoms with Crippen LogP contribution in [0.3, 0.4) is 0 Å². The molecule has 3 rings (SSSR count). The molecule has 2 atom stereocenters. The maximum absolute atomic E-state index is 12.8. The summed E-state index contributed by atoms with van der Waals surface area (Å²) in [6.45, 7) is 4.52. The van der Waals surface area contributed by atoms with Crippen molar-refractivity contribution in [1.82, 2.24) is 16.0 Å². The minimum atomic E-state index is -0.546. The van der Waals surface area contributed by atoms with Crippen LogP contribution in [0.5, 0.6) is 0 Å². The van der Waals surface area contributed by atoms with Crippen LogP contribution < -0.4 is 16.0 Å². The second-order valence-corrected chi connectivity index (χ2v) is 7.36. The molecule has 158 valence electrons. The van der Waals surface area contributed by atoms with Gasteiger partial charge in [-0.3, -0.25) is 0 Å². The molecule has 2 aromatic rings. The summed E-state index contributed by atoms with van der Waals surface area (Å²) in [5, 5.41) is 9.08. The van der Waals surface area contributed by atoms with Gasteiger partial charge in [0.05, 0.1) is 18.2 Å². The van der Waals surface area contributed by atoms with E-state index in [-0.39, 0.29) is 18.7 Å². The number of nitrogens with one attached hydrogen (secondary N) is 3. The number of benzene rings is 2. The lowest BCUT2D eigenvalue weighted by molar-refractivity contribution is -0.139. The zero-order valence-corrected chi connectivity index (χ0v) is 17.5. The Morgan fingerprint density at radius 2 is 1.77 bits per heavy atom. The Balaban J connectivity index is 1.75. The van der Waals surface area contributed by atoms with Crippen molar-refractivity contribution in [3.63, 3.8) is 0 Å². The van der Waals surface area contributed by atoms with Crippen LogP contribution in [-0.2, 0) is 16.0 Å². The molecule has 0 unspecified atom stereocenters. The molecule has 0 bridgehead atoms. The molecule has 0 aromatic heterocycles. The first kappa shape index (κ1) is 21.6. The van der Waals surface area contributed by atoms with E-state index in [2.05, 4.69) is 35.0 Å². The van der Waals surface area contributed by atoms with Crippen LogP contribution >= 0.6 is 0 Å². The van der Waals surface area contributed by atoms with E-state index in [0.717, 1.165) is 18.4 Å². The zero-order chi connectivity index (χ0) is 21.3. The minimum Gasteiger partial charge on any atom is -0.463 e. The van der Waals surface area contributed by atoms with Crippen LogP contribution in [0.15, 0.2) is 71.9 Å². The van der Waals surface area contributed by atoms with E-state index in [0.29, 0.717) is 17.8 Å². The van der Waals surface area contributed by atoms with Gasteiger partial charge in [0.1, 0.15) is 0 Å². The Hall–Kier alpha value is -3.12. The molecular weight excluding hydrogens is 378 g/mol. The van der Waals surface area contributed by atoms with Crippen LogP contribution in [0.1, 0.15) is 37.4 Å². The summed E-state index contributed by atoms with van der Waals surface area (Å²) in [6, 6.07) is 19.1. The Morgan fingerprint density at radius 3 is 2.43 bits per heavy atom. The summed E-state index contributed by atoms with van der Waals surface area (Å²) < 4.78 is 5.29. The second-order valence-electron chi connectivity index (χ2n) is 7.36. The highest BCUT2D eigenvalue weighted by atomic mass is 16.5. The van der Waals surface area contributed by atoms with Gasteiger partial charge in [-0.25, -0.2) is 9.59 Å². The molecule has 3 N–H and O–H groups in total. The van der Waals surface area contributed by atoms with Crippen molar-refractivity contribution in [2.75, 3.05) is 13.2 Å². The Morgan fingerprint density at radius 1 is 1.10 bits per heavy atom. The number of amides is 2. The van der Waals surface area contributed by atoms with E-state index in [9.17, 15) is 9.59 Å². The normalized spacial score (nSPS) is 17.1. The van der Waals surface area contributed by atoms with Crippen molar-refractivity contribution >= 4 is 12.0 Å². The number of carbonyl (C=O) groups is 2. The Labute approximate surface area is 177 Å². The number of hydrogen-bond acceptors (Lipinski definition) is 4. The number of aryl methyl sites for hydroxylation is 1. The quantitative estimate of drug-likeness (QED) is 0.556. The van der Waals surface area contributed by atoms with Crippen LogP contribution in [-0.4, -0.2) is 31.2 Å². The molecule has 1 heterocycles. The predicted octanol–water partition coefficient (Wildman–Crippen LogP) is 3.47. The largest absolute Gasteiger partial charge is 0.463 e. The molecule has 0 fully saturated rings. The SMILES string of the molecule is CCOC(=O)C1=C(CN[C@H](C)CCc2ccccc2)NC(=O)N[C@H]1c1ccccc1. The van der Waals surface area contributed by atoms with Crippen molar-refractivity contribution < 1.29 is 14.3 Å². The van der Waals surface area contributed by atoms with Crippen LogP contribution in [0, 0.1) is 0 Å². The molecule has 0 saturated carbocycles. The lowest BCUT2D eigenvalue weighted by atomic mass is 9.95. The molecular formula is C24H29N3O3. The van der Waals surface area contributed by atoms with Crippen LogP contribution in [0.25, 0.3) is 0 Å². The van der Waals surface area contributed by atoms with Gasteiger partial charge in [0.2, 0.25) is 0 Å². The number of ether oxygens (including phenoxy) is 1. The standard InChI is InChI=1S/C24H29N3O3/c1-3-30-23(28)21-20(16-25-17(2)14-15-18-10-6-4-7-11-18)26-24(29)27-22(21)19-12-8-5-9-13-19/h4-13,17,22,25H,3,14-16H2,1-2H3,(H2,26,27,29)/t17-,22+/m1/s1. The van der Waals surface area contributed by atoms with Gasteiger partial charge >= 0.3 is 12.0 Å². The zero-order valence-electron chi connectivity index (χ0n) is 17.5. The fraction of sp³-hybridized carbons (Fsp3) is 0.333. The molecule has 0 aliphatic carbocycles. The van der Waals surface area contributed by atoms with Gasteiger partial charge in [-0.15, -0.1) is 0 Å². The van der Waals surface area contributed by atoms with Crippen molar-refractivity contribution in [3.05, 3.63) is 83.1 Å². The third-order valence-electron chi connectivity index (χ3n) is 5.12. The summed E-state index contributed by atoms with van der Waals surface area (Å²) in [4.78, 5) is 25.1. The maximum Gasteiger partial charge on any atom is 0.338 e. The highest BCUT2D eigenvalue weighted by molar-refractivity contribution is 5.95. The van der Waals surface area contributed by atoms with E-state index in [1.807, 2.05) is 48.5 Å². The third kappa shape index (κ3) is 5.70. The van der Waals surface area contributed by atoms with E-state index in [1.54, 1.807) is 6.92 Å². The Kier molecular flexibility index (Phi) is 7.63. The van der Waals surface area contributed by atoms with Gasteiger partial charge in [-0.2, -0.15) is 0 Å². The van der Waals surface area contributed by atoms with Crippen LogP contribution in [0.4, 0.5) is 4.79 Å². The number of hydrogen-bond donors (Lipinski definition) is 3. The Bertz CT molecular complexity index is 881. The second kappa shape index (κ2) is 10.6. The molecule has 0 radical (unpaired) electrons. The van der Waals surface area contributed by atoms with Crippen LogP contribution in [0.2, 0.25) is 0 Å². The lowest BCUT2D eigenvalue weighted by Crippen LogP contribution is -2.48. The average Bonchev–Trinajstić information content (AvgIpc) is 2.77. The maximum atomic E-state index is 12.8. The summed E-state index contributed by atoms with van der Waals surface area (Å²) >= 11 is 0. The van der Waals surface area contributed by atoms with Crippen molar-refractivity contribution in [2.24, 2.45) is 0 Å². The first-order chi connectivity index (χ1) is 14.6. The summed E-state index contributed by atoms with van der Waals surface area (Å²) in [5.74, 6) is -0.424. The van der Waals surface area contributed by atoms with Gasteiger partial charge < -0.3 is 20.7 Å². The van der Waals surface area contributed by atoms with Gasteiger partial charge in [-0.05, 0) is 37.8 Å². The first-order valence-electron chi connectivity index (χ1n) is 10.4. The monoisotopic (exact) mass is 407 g/mol. The summed E-state index contributed by atoms with van der Waals surface area (Å²) in [5.41, 5.74) is 3.12. The summed E-state index contributed by atoms with van der Waals surface area (Å²) in [6.07, 6.45) is 1.90. The average molecular weight is 408 g/mol. The molecule has 6 heteroatoms. The highest BCUT2D eigenvalue weighted by Crippen LogP contribution is 2.27. The fourth-order valence-electron chi connectivity index (χ4n) is 3.51. The van der Waals surface area contributed by atoms with E-state index in [4.69, 9.17) is 4.74 Å². The smallest absolute Gasteiger partial charge is 0.338 e. The predicted molar refractivity (Wildman–Crippen MR) is 117 cm³/mol. The molecule has 0 saturated heterocycles. The van der Waals surface area contributed by atoms with E-state index in [1.165, 1.54) is 5.56 Å². The van der Waals surface area contributed by atoms with Gasteiger partial charge in [-0.1, -0.05) is 60.7 Å². The van der Waals surface area contributed by atoms with Gasteiger partial charge in [0.25, 0.3) is 0 Å². The molecule has 30 heavy (non-hydrogen) atoms. The number of rotatable bonds is 9. The molecule has 1 aliphatic heterocycles. The van der Waals surface area contributed by atoms with Crippen molar-refractivity contribution in [1.29, 1.82) is 0 Å². The number of carbonyl (C=O) groups excluding carboxylic acids is 2. The van der Waals surface area contributed by atoms with Crippen molar-refractivity contribution in [3.8, 4) is 0 Å². The minimum absolute atomic E-state index is 0.211.